The Morgan fingerprint density at radius 1 is 1.21 bits per heavy atom. The molecule has 0 spiro atoms. The van der Waals surface area contributed by atoms with E-state index in [4.69, 9.17) is 9.47 Å². The van der Waals surface area contributed by atoms with E-state index in [0.717, 1.165) is 6.42 Å². The van der Waals surface area contributed by atoms with Crippen LogP contribution in [0.15, 0.2) is 48.6 Å². The number of fused-ring (bicyclic) bond motifs is 1. The van der Waals surface area contributed by atoms with E-state index < -0.39 is 24.1 Å². The third-order valence-corrected chi connectivity index (χ3v) is 5.12. The molecule has 24 heavy (non-hydrogen) atoms. The van der Waals surface area contributed by atoms with Crippen molar-refractivity contribution in [1.82, 2.24) is 0 Å². The van der Waals surface area contributed by atoms with Gasteiger partial charge in [0.05, 0.1) is 12.2 Å². The fourth-order valence-corrected chi connectivity index (χ4v) is 3.23. The van der Waals surface area contributed by atoms with Crippen LogP contribution in [0, 0.1) is 17.8 Å². The summed E-state index contributed by atoms with van der Waals surface area (Å²) in [5.74, 6) is -0.730. The van der Waals surface area contributed by atoms with E-state index in [-0.39, 0.29) is 11.8 Å². The van der Waals surface area contributed by atoms with E-state index in [1.807, 2.05) is 30.4 Å². The molecule has 2 aliphatic rings. The molecule has 0 aromatic carbocycles. The minimum Gasteiger partial charge on any atom is -0.387 e. The molecule has 4 heteroatoms. The van der Waals surface area contributed by atoms with Crippen LogP contribution in [0.2, 0.25) is 0 Å². The zero-order valence-electron chi connectivity index (χ0n) is 15.0. The van der Waals surface area contributed by atoms with E-state index in [0.29, 0.717) is 5.92 Å². The van der Waals surface area contributed by atoms with Crippen LogP contribution in [0.1, 0.15) is 27.2 Å². The standard InChI is InChI=1S/C20H30O4/c1-5-14(2)10-8-6-7-9-11-15-12-13-16(21)18-17(15)19(22)20(3,23-4)24-18/h6-19,21-22H,5H2,1-4H3. The maximum absolute atomic E-state index is 10.6. The smallest absolute Gasteiger partial charge is 0.192 e. The highest BCUT2D eigenvalue weighted by atomic mass is 16.7. The number of rotatable bonds is 6. The van der Waals surface area contributed by atoms with E-state index in [9.17, 15) is 10.2 Å². The second kappa shape index (κ2) is 8.26. The monoisotopic (exact) mass is 334 g/mol. The summed E-state index contributed by atoms with van der Waals surface area (Å²) in [7, 11) is 1.51. The van der Waals surface area contributed by atoms with Crippen molar-refractivity contribution in [1.29, 1.82) is 0 Å². The molecule has 0 aromatic rings. The molecule has 1 fully saturated rings. The highest BCUT2D eigenvalue weighted by Crippen LogP contribution is 2.44. The van der Waals surface area contributed by atoms with Gasteiger partial charge < -0.3 is 19.7 Å². The Morgan fingerprint density at radius 2 is 1.92 bits per heavy atom. The quantitative estimate of drug-likeness (QED) is 0.579. The normalized spacial score (nSPS) is 40.8. The number of allylic oxidation sites excluding steroid dienone is 7. The van der Waals surface area contributed by atoms with Crippen LogP contribution in [-0.4, -0.2) is 41.4 Å². The summed E-state index contributed by atoms with van der Waals surface area (Å²) in [4.78, 5) is 0. The Balaban J connectivity index is 2.05. The van der Waals surface area contributed by atoms with E-state index in [1.165, 1.54) is 7.11 Å². The molecule has 134 valence electrons. The number of hydrogen-bond acceptors (Lipinski definition) is 4. The lowest BCUT2D eigenvalue weighted by Crippen LogP contribution is -2.42. The highest BCUT2D eigenvalue weighted by molar-refractivity contribution is 5.21. The predicted molar refractivity (Wildman–Crippen MR) is 95.3 cm³/mol. The number of hydrogen-bond donors (Lipinski definition) is 2. The van der Waals surface area contributed by atoms with Crippen LogP contribution in [0.3, 0.4) is 0 Å². The fraction of sp³-hybridized carbons (Fsp3) is 0.600. The van der Waals surface area contributed by atoms with Crippen LogP contribution >= 0.6 is 0 Å². The average Bonchev–Trinajstić information content (AvgIpc) is 2.86. The minimum atomic E-state index is -1.08. The molecule has 1 aliphatic heterocycles. The number of ether oxygens (including phenoxy) is 2. The molecule has 7 unspecified atom stereocenters. The van der Waals surface area contributed by atoms with Crippen molar-refractivity contribution >= 4 is 0 Å². The Kier molecular flexibility index (Phi) is 6.58. The van der Waals surface area contributed by atoms with Gasteiger partial charge in [0.2, 0.25) is 0 Å². The summed E-state index contributed by atoms with van der Waals surface area (Å²) in [6.45, 7) is 6.07. The molecule has 0 amide bonds. The van der Waals surface area contributed by atoms with Crippen molar-refractivity contribution in [3.05, 3.63) is 48.6 Å². The molecule has 0 aromatic heterocycles. The van der Waals surface area contributed by atoms with Gasteiger partial charge in [-0.05, 0) is 12.8 Å². The van der Waals surface area contributed by atoms with Gasteiger partial charge in [-0.3, -0.25) is 0 Å². The maximum atomic E-state index is 10.6. The maximum Gasteiger partial charge on any atom is 0.192 e. The first-order valence-electron chi connectivity index (χ1n) is 8.72. The summed E-state index contributed by atoms with van der Waals surface area (Å²) in [5.41, 5.74) is 0. The molecule has 1 saturated heterocycles. The summed E-state index contributed by atoms with van der Waals surface area (Å²) < 4.78 is 11.1. The SMILES string of the molecule is CCC(C)C=CC=CC=CC1C=CC(O)C2OC(C)(OC)C(O)C12. The first-order valence-corrected chi connectivity index (χ1v) is 8.72. The average molecular weight is 334 g/mol. The predicted octanol–water partition coefficient (Wildman–Crippen LogP) is 2.99. The van der Waals surface area contributed by atoms with E-state index in [2.05, 4.69) is 26.0 Å². The third-order valence-electron chi connectivity index (χ3n) is 5.12. The number of aliphatic hydroxyl groups excluding tert-OH is 2. The van der Waals surface area contributed by atoms with Crippen molar-refractivity contribution in [2.24, 2.45) is 17.8 Å². The lowest BCUT2D eigenvalue weighted by Gasteiger charge is -2.31. The molecule has 4 nitrogen and oxygen atoms in total. The van der Waals surface area contributed by atoms with Gasteiger partial charge in [-0.1, -0.05) is 68.9 Å². The minimum absolute atomic E-state index is 0.00595. The molecule has 1 heterocycles. The molecule has 1 aliphatic carbocycles. The van der Waals surface area contributed by atoms with Gasteiger partial charge in [-0.25, -0.2) is 0 Å². The van der Waals surface area contributed by atoms with Gasteiger partial charge in [0.25, 0.3) is 0 Å². The summed E-state index contributed by atoms with van der Waals surface area (Å²) in [5, 5.41) is 20.7. The highest BCUT2D eigenvalue weighted by Gasteiger charge is 2.56. The zero-order chi connectivity index (χ0) is 17.7. The molecule has 0 bridgehead atoms. The summed E-state index contributed by atoms with van der Waals surface area (Å²) in [6, 6.07) is 0. The Morgan fingerprint density at radius 3 is 2.58 bits per heavy atom. The second-order valence-electron chi connectivity index (χ2n) is 6.82. The second-order valence-corrected chi connectivity index (χ2v) is 6.82. The molecule has 0 saturated carbocycles. The van der Waals surface area contributed by atoms with Crippen molar-refractivity contribution in [3.8, 4) is 0 Å². The van der Waals surface area contributed by atoms with Crippen molar-refractivity contribution in [2.45, 2.75) is 51.3 Å². The van der Waals surface area contributed by atoms with Gasteiger partial charge in [0.1, 0.15) is 6.10 Å². The molecule has 0 radical (unpaired) electrons. The van der Waals surface area contributed by atoms with Crippen LogP contribution in [0.25, 0.3) is 0 Å². The molecule has 2 N–H and O–H groups in total. The Bertz CT molecular complexity index is 522. The van der Waals surface area contributed by atoms with Crippen LogP contribution in [-0.2, 0) is 9.47 Å². The Labute approximate surface area is 145 Å². The van der Waals surface area contributed by atoms with E-state index in [1.54, 1.807) is 13.0 Å². The van der Waals surface area contributed by atoms with Gasteiger partial charge in [-0.2, -0.15) is 0 Å². The van der Waals surface area contributed by atoms with Gasteiger partial charge >= 0.3 is 0 Å². The lowest BCUT2D eigenvalue weighted by atomic mass is 9.77. The molecule has 7 atom stereocenters. The van der Waals surface area contributed by atoms with Gasteiger partial charge in [-0.15, -0.1) is 0 Å². The van der Waals surface area contributed by atoms with Crippen LogP contribution < -0.4 is 0 Å². The summed E-state index contributed by atoms with van der Waals surface area (Å²) in [6.07, 6.45) is 15.0. The molecule has 2 rings (SSSR count). The first-order chi connectivity index (χ1) is 11.4. The van der Waals surface area contributed by atoms with Gasteiger partial charge in [0.15, 0.2) is 5.79 Å². The van der Waals surface area contributed by atoms with Crippen molar-refractivity contribution in [3.63, 3.8) is 0 Å². The number of aliphatic hydroxyl groups is 2. The first kappa shape index (κ1) is 19.1. The zero-order valence-corrected chi connectivity index (χ0v) is 15.0. The topological polar surface area (TPSA) is 58.9 Å². The van der Waals surface area contributed by atoms with Crippen molar-refractivity contribution < 1.29 is 19.7 Å². The van der Waals surface area contributed by atoms with Crippen LogP contribution in [0.5, 0.6) is 0 Å². The van der Waals surface area contributed by atoms with Crippen molar-refractivity contribution in [2.75, 3.05) is 7.11 Å². The largest absolute Gasteiger partial charge is 0.387 e. The summed E-state index contributed by atoms with van der Waals surface area (Å²) >= 11 is 0. The lowest BCUT2D eigenvalue weighted by molar-refractivity contribution is -0.238. The van der Waals surface area contributed by atoms with Crippen LogP contribution in [0.4, 0.5) is 0 Å². The third kappa shape index (κ3) is 4.06. The van der Waals surface area contributed by atoms with E-state index >= 15 is 0 Å². The molecular weight excluding hydrogens is 304 g/mol. The Hall–Kier alpha value is -1.20. The number of methoxy groups -OCH3 is 1. The fourth-order valence-electron chi connectivity index (χ4n) is 3.23. The molecular formula is C20H30O4. The van der Waals surface area contributed by atoms with Gasteiger partial charge in [0, 0.05) is 18.9 Å².